The Hall–Kier alpha value is -2.16. The van der Waals surface area contributed by atoms with Crippen LogP contribution in [-0.2, 0) is 38.1 Å². The van der Waals surface area contributed by atoms with Crippen molar-refractivity contribution in [2.75, 3.05) is 13.7 Å². The lowest BCUT2D eigenvalue weighted by Gasteiger charge is -2.44. The highest BCUT2D eigenvalue weighted by Gasteiger charge is 2.49. The third kappa shape index (κ3) is 6.33. The summed E-state index contributed by atoms with van der Waals surface area (Å²) in [7, 11) is 1.46. The van der Waals surface area contributed by atoms with E-state index in [1.54, 1.807) is 0 Å². The third-order valence-electron chi connectivity index (χ3n) is 3.86. The lowest BCUT2D eigenvalue weighted by molar-refractivity contribution is -0.191. The van der Waals surface area contributed by atoms with Crippen LogP contribution in [-0.4, -0.2) is 61.9 Å². The van der Waals surface area contributed by atoms with Gasteiger partial charge in [0.1, 0.15) is 6.10 Å². The summed E-state index contributed by atoms with van der Waals surface area (Å²) >= 11 is 0. The van der Waals surface area contributed by atoms with Crippen molar-refractivity contribution in [1.29, 1.82) is 0 Å². The molecule has 0 bridgehead atoms. The Morgan fingerprint density at radius 2 is 1.48 bits per heavy atom. The van der Waals surface area contributed by atoms with Gasteiger partial charge in [0.25, 0.3) is 0 Å². The summed E-state index contributed by atoms with van der Waals surface area (Å²) in [5.74, 6) is -2.45. The Bertz CT molecular complexity index is 520. The molecule has 142 valence electrons. The average Bonchev–Trinajstić information content (AvgIpc) is 2.48. The highest BCUT2D eigenvalue weighted by molar-refractivity contribution is 5.73. The third-order valence-corrected chi connectivity index (χ3v) is 3.86. The van der Waals surface area contributed by atoms with Crippen LogP contribution in [0, 0.1) is 5.92 Å². The van der Waals surface area contributed by atoms with Gasteiger partial charge in [0, 0.05) is 40.7 Å². The predicted molar refractivity (Wildman–Crippen MR) is 84.2 cm³/mol. The monoisotopic (exact) mass is 359 g/mol. The van der Waals surface area contributed by atoms with Gasteiger partial charge in [0.05, 0.1) is 18.8 Å². The zero-order valence-corrected chi connectivity index (χ0v) is 15.1. The first-order valence-electron chi connectivity index (χ1n) is 7.93. The normalized spacial score (nSPS) is 28.6. The fourth-order valence-corrected chi connectivity index (χ4v) is 2.99. The van der Waals surface area contributed by atoms with Crippen LogP contribution in [0.1, 0.15) is 34.1 Å². The molecule has 5 unspecified atom stereocenters. The van der Waals surface area contributed by atoms with Gasteiger partial charge in [0.2, 0.25) is 5.91 Å². The molecule has 0 heterocycles. The van der Waals surface area contributed by atoms with E-state index < -0.39 is 48.2 Å². The Kier molecular flexibility index (Phi) is 7.82. The summed E-state index contributed by atoms with van der Waals surface area (Å²) in [6.07, 6.45) is -2.03. The molecule has 1 aliphatic carbocycles. The lowest BCUT2D eigenvalue weighted by atomic mass is 9.79. The van der Waals surface area contributed by atoms with Crippen molar-refractivity contribution in [3.63, 3.8) is 0 Å². The Labute approximate surface area is 146 Å². The first-order valence-corrected chi connectivity index (χ1v) is 7.93. The van der Waals surface area contributed by atoms with Crippen molar-refractivity contribution in [3.8, 4) is 0 Å². The van der Waals surface area contributed by atoms with Crippen LogP contribution in [0.4, 0.5) is 0 Å². The van der Waals surface area contributed by atoms with Gasteiger partial charge in [-0.1, -0.05) is 0 Å². The molecule has 9 heteroatoms. The largest absolute Gasteiger partial charge is 0.465 e. The number of hydrogen-bond acceptors (Lipinski definition) is 8. The Morgan fingerprint density at radius 3 is 1.92 bits per heavy atom. The molecule has 1 saturated carbocycles. The van der Waals surface area contributed by atoms with E-state index in [0.717, 1.165) is 0 Å². The minimum Gasteiger partial charge on any atom is -0.465 e. The van der Waals surface area contributed by atoms with E-state index in [4.69, 9.17) is 18.9 Å². The number of rotatable bonds is 6. The molecule has 0 saturated heterocycles. The van der Waals surface area contributed by atoms with Gasteiger partial charge in [-0.15, -0.1) is 0 Å². The number of carbonyl (C=O) groups excluding carboxylic acids is 4. The van der Waals surface area contributed by atoms with Crippen LogP contribution in [0.5, 0.6) is 0 Å². The molecule has 1 aliphatic rings. The van der Waals surface area contributed by atoms with E-state index in [-0.39, 0.29) is 12.5 Å². The second-order valence-corrected chi connectivity index (χ2v) is 5.95. The smallest absolute Gasteiger partial charge is 0.303 e. The molecule has 0 aromatic heterocycles. The summed E-state index contributed by atoms with van der Waals surface area (Å²) in [5.41, 5.74) is 0. The van der Waals surface area contributed by atoms with E-state index >= 15 is 0 Å². The minimum atomic E-state index is -0.968. The first kappa shape index (κ1) is 20.9. The number of carbonyl (C=O) groups is 4. The second kappa shape index (κ2) is 9.36. The number of methoxy groups -OCH3 is 1. The van der Waals surface area contributed by atoms with E-state index in [1.807, 2.05) is 0 Å². The number of esters is 3. The summed E-state index contributed by atoms with van der Waals surface area (Å²) in [4.78, 5) is 45.7. The summed E-state index contributed by atoms with van der Waals surface area (Å²) in [6, 6.07) is -0.704. The quantitative estimate of drug-likeness (QED) is 0.518. The lowest BCUT2D eigenvalue weighted by Crippen LogP contribution is -2.63. The van der Waals surface area contributed by atoms with Crippen molar-refractivity contribution in [1.82, 2.24) is 5.32 Å². The highest BCUT2D eigenvalue weighted by Crippen LogP contribution is 2.32. The maximum absolute atomic E-state index is 11.5. The highest BCUT2D eigenvalue weighted by atomic mass is 16.6. The van der Waals surface area contributed by atoms with Gasteiger partial charge in [-0.05, 0) is 6.42 Å². The first-order chi connectivity index (χ1) is 11.6. The van der Waals surface area contributed by atoms with Crippen LogP contribution in [0.2, 0.25) is 0 Å². The average molecular weight is 359 g/mol. The standard InChI is InChI=1S/C16H25NO8/c1-8(18)17-14-13(22-5)6-12(7-23-9(2)19)15(24-10(3)20)16(14)25-11(4)21/h12-16H,6-7H2,1-5H3,(H,17,18). The summed E-state index contributed by atoms with van der Waals surface area (Å²) < 4.78 is 21.1. The molecule has 0 aliphatic heterocycles. The van der Waals surface area contributed by atoms with Gasteiger partial charge in [-0.25, -0.2) is 0 Å². The van der Waals surface area contributed by atoms with Crippen molar-refractivity contribution in [2.24, 2.45) is 5.92 Å². The SMILES string of the molecule is COC1CC(COC(C)=O)C(OC(C)=O)C(OC(C)=O)C1NC(C)=O. The van der Waals surface area contributed by atoms with Gasteiger partial charge in [0.15, 0.2) is 6.10 Å². The van der Waals surface area contributed by atoms with E-state index in [2.05, 4.69) is 5.32 Å². The van der Waals surface area contributed by atoms with Gasteiger partial charge >= 0.3 is 17.9 Å². The molecule has 0 radical (unpaired) electrons. The molecule has 1 amide bonds. The molecule has 25 heavy (non-hydrogen) atoms. The number of ether oxygens (including phenoxy) is 4. The topological polar surface area (TPSA) is 117 Å². The van der Waals surface area contributed by atoms with Crippen LogP contribution in [0.15, 0.2) is 0 Å². The van der Waals surface area contributed by atoms with Crippen molar-refractivity contribution >= 4 is 23.8 Å². The van der Waals surface area contributed by atoms with Crippen LogP contribution >= 0.6 is 0 Å². The van der Waals surface area contributed by atoms with Gasteiger partial charge in [-0.2, -0.15) is 0 Å². The molecule has 5 atom stereocenters. The van der Waals surface area contributed by atoms with E-state index in [0.29, 0.717) is 6.42 Å². The van der Waals surface area contributed by atoms with Crippen molar-refractivity contribution < 1.29 is 38.1 Å². The molecule has 0 spiro atoms. The van der Waals surface area contributed by atoms with Gasteiger partial charge in [-0.3, -0.25) is 19.2 Å². The molecule has 1 fully saturated rings. The maximum Gasteiger partial charge on any atom is 0.303 e. The fraction of sp³-hybridized carbons (Fsp3) is 0.750. The molecule has 9 nitrogen and oxygen atoms in total. The van der Waals surface area contributed by atoms with E-state index in [1.165, 1.54) is 34.8 Å². The molecule has 0 aromatic rings. The maximum atomic E-state index is 11.5. The minimum absolute atomic E-state index is 0.0301. The summed E-state index contributed by atoms with van der Waals surface area (Å²) in [5, 5.41) is 2.69. The van der Waals surface area contributed by atoms with Crippen molar-refractivity contribution in [3.05, 3.63) is 0 Å². The summed E-state index contributed by atoms with van der Waals surface area (Å²) in [6.45, 7) is 5.00. The fourth-order valence-electron chi connectivity index (χ4n) is 2.99. The predicted octanol–water partition coefficient (Wildman–Crippen LogP) is -0.0475. The molecule has 0 aromatic carbocycles. The van der Waals surface area contributed by atoms with E-state index in [9.17, 15) is 19.2 Å². The number of hydrogen-bond donors (Lipinski definition) is 1. The second-order valence-electron chi connectivity index (χ2n) is 5.95. The molecule has 1 rings (SSSR count). The molecular formula is C16H25NO8. The molecular weight excluding hydrogens is 334 g/mol. The van der Waals surface area contributed by atoms with Crippen LogP contribution in [0.3, 0.4) is 0 Å². The van der Waals surface area contributed by atoms with Gasteiger partial charge < -0.3 is 24.3 Å². The zero-order chi connectivity index (χ0) is 19.1. The van der Waals surface area contributed by atoms with Crippen molar-refractivity contribution in [2.45, 2.75) is 58.5 Å². The van der Waals surface area contributed by atoms with Crippen LogP contribution in [0.25, 0.3) is 0 Å². The molecule has 1 N–H and O–H groups in total. The van der Waals surface area contributed by atoms with Crippen LogP contribution < -0.4 is 5.32 Å². The number of nitrogens with one attached hydrogen (secondary N) is 1. The zero-order valence-electron chi connectivity index (χ0n) is 15.1. The number of amides is 1. The Balaban J connectivity index is 3.18. The Morgan fingerprint density at radius 1 is 0.920 bits per heavy atom.